The van der Waals surface area contributed by atoms with Crippen molar-refractivity contribution in [2.24, 2.45) is 11.7 Å². The Morgan fingerprint density at radius 1 is 1.39 bits per heavy atom. The van der Waals surface area contributed by atoms with Gasteiger partial charge in [0.15, 0.2) is 0 Å². The van der Waals surface area contributed by atoms with Crippen molar-refractivity contribution in [1.29, 1.82) is 0 Å². The highest BCUT2D eigenvalue weighted by Gasteiger charge is 2.28. The first-order valence-electron chi connectivity index (χ1n) is 6.31. The summed E-state index contributed by atoms with van der Waals surface area (Å²) in [5, 5.41) is 0. The fourth-order valence-electron chi connectivity index (χ4n) is 2.37. The van der Waals surface area contributed by atoms with E-state index in [-0.39, 0.29) is 11.9 Å². The molecule has 1 atom stereocenters. The Bertz CT molecular complexity index is 403. The van der Waals surface area contributed by atoms with Crippen molar-refractivity contribution in [2.45, 2.75) is 19.5 Å². The van der Waals surface area contributed by atoms with Crippen molar-refractivity contribution < 1.29 is 9.53 Å². The van der Waals surface area contributed by atoms with Crippen LogP contribution in [-0.4, -0.2) is 31.1 Å². The lowest BCUT2D eigenvalue weighted by Gasteiger charge is -2.15. The summed E-state index contributed by atoms with van der Waals surface area (Å²) >= 11 is 0. The lowest BCUT2D eigenvalue weighted by molar-refractivity contribution is -0.144. The first kappa shape index (κ1) is 13.1. The molecule has 1 aromatic carbocycles. The number of methoxy groups -OCH3 is 1. The summed E-state index contributed by atoms with van der Waals surface area (Å²) in [6.07, 6.45) is 0.896. The van der Waals surface area contributed by atoms with E-state index in [0.29, 0.717) is 6.54 Å². The van der Waals surface area contributed by atoms with Gasteiger partial charge in [0.05, 0.1) is 13.0 Å². The molecule has 1 heterocycles. The molecule has 0 bridgehead atoms. The molecule has 1 aliphatic heterocycles. The number of ether oxygens (including phenoxy) is 1. The summed E-state index contributed by atoms with van der Waals surface area (Å²) in [7, 11) is 1.45. The zero-order valence-electron chi connectivity index (χ0n) is 10.8. The van der Waals surface area contributed by atoms with Crippen molar-refractivity contribution in [3.63, 3.8) is 0 Å². The Kier molecular flexibility index (Phi) is 4.33. The summed E-state index contributed by atoms with van der Waals surface area (Å²) in [5.74, 6) is -0.0469. The van der Waals surface area contributed by atoms with Crippen molar-refractivity contribution in [2.75, 3.05) is 20.2 Å². The fourth-order valence-corrected chi connectivity index (χ4v) is 2.37. The molecular formula is C14H20N2O2. The van der Waals surface area contributed by atoms with Crippen LogP contribution >= 0.6 is 0 Å². The van der Waals surface area contributed by atoms with E-state index in [9.17, 15) is 4.79 Å². The lowest BCUT2D eigenvalue weighted by atomic mass is 10.1. The number of carbonyl (C=O) groups is 1. The normalized spacial score (nSPS) is 20.0. The van der Waals surface area contributed by atoms with Crippen LogP contribution in [0.15, 0.2) is 24.3 Å². The van der Waals surface area contributed by atoms with Crippen LogP contribution in [-0.2, 0) is 22.6 Å². The predicted octanol–water partition coefficient (Wildman–Crippen LogP) is 1.14. The number of carbonyl (C=O) groups excluding carboxylic acids is 1. The van der Waals surface area contributed by atoms with Gasteiger partial charge < -0.3 is 10.5 Å². The van der Waals surface area contributed by atoms with E-state index in [0.717, 1.165) is 31.6 Å². The zero-order chi connectivity index (χ0) is 13.0. The number of nitrogens with zero attached hydrogens (tertiary/aromatic N) is 1. The van der Waals surface area contributed by atoms with Crippen molar-refractivity contribution >= 4 is 5.97 Å². The van der Waals surface area contributed by atoms with Crippen LogP contribution in [0, 0.1) is 5.92 Å². The highest BCUT2D eigenvalue weighted by atomic mass is 16.5. The fraction of sp³-hybridized carbons (Fsp3) is 0.500. The molecule has 1 unspecified atom stereocenters. The van der Waals surface area contributed by atoms with Gasteiger partial charge in [-0.05, 0) is 24.1 Å². The summed E-state index contributed by atoms with van der Waals surface area (Å²) in [5.41, 5.74) is 7.98. The van der Waals surface area contributed by atoms with E-state index in [1.54, 1.807) is 0 Å². The molecule has 0 aliphatic carbocycles. The summed E-state index contributed by atoms with van der Waals surface area (Å²) in [6.45, 7) is 3.22. The minimum absolute atomic E-state index is 0.0401. The van der Waals surface area contributed by atoms with E-state index in [4.69, 9.17) is 10.5 Å². The van der Waals surface area contributed by atoms with Crippen molar-refractivity contribution in [1.82, 2.24) is 4.90 Å². The van der Waals surface area contributed by atoms with E-state index in [1.165, 1.54) is 12.7 Å². The third-order valence-electron chi connectivity index (χ3n) is 3.47. The quantitative estimate of drug-likeness (QED) is 0.812. The van der Waals surface area contributed by atoms with Gasteiger partial charge in [-0.3, -0.25) is 9.69 Å². The average Bonchev–Trinajstić information content (AvgIpc) is 2.87. The van der Waals surface area contributed by atoms with Crippen LogP contribution in [0.4, 0.5) is 0 Å². The van der Waals surface area contributed by atoms with Crippen LogP contribution in [0.25, 0.3) is 0 Å². The molecule has 98 valence electrons. The standard InChI is InChI=1S/C14H20N2O2/c1-18-14(17)13-6-7-16(10-13)9-12-4-2-11(8-15)3-5-12/h2-5,13H,6-10,15H2,1H3. The molecule has 2 N–H and O–H groups in total. The number of benzene rings is 1. The predicted molar refractivity (Wildman–Crippen MR) is 69.7 cm³/mol. The summed E-state index contributed by atoms with van der Waals surface area (Å²) < 4.78 is 4.78. The van der Waals surface area contributed by atoms with E-state index >= 15 is 0 Å². The number of esters is 1. The monoisotopic (exact) mass is 248 g/mol. The molecule has 0 aromatic heterocycles. The number of rotatable bonds is 4. The van der Waals surface area contributed by atoms with Crippen LogP contribution in [0.5, 0.6) is 0 Å². The highest BCUT2D eigenvalue weighted by molar-refractivity contribution is 5.72. The molecule has 18 heavy (non-hydrogen) atoms. The summed E-state index contributed by atoms with van der Waals surface area (Å²) in [4.78, 5) is 13.7. The Balaban J connectivity index is 1.89. The van der Waals surface area contributed by atoms with E-state index in [1.807, 2.05) is 0 Å². The molecular weight excluding hydrogens is 228 g/mol. The average molecular weight is 248 g/mol. The Morgan fingerprint density at radius 3 is 2.67 bits per heavy atom. The molecule has 1 aliphatic rings. The molecule has 1 aromatic rings. The Hall–Kier alpha value is -1.39. The third kappa shape index (κ3) is 3.09. The zero-order valence-corrected chi connectivity index (χ0v) is 10.8. The molecule has 0 spiro atoms. The molecule has 0 amide bonds. The minimum atomic E-state index is -0.0871. The second-order valence-corrected chi connectivity index (χ2v) is 4.76. The molecule has 0 saturated carbocycles. The van der Waals surface area contributed by atoms with Crippen LogP contribution in [0.3, 0.4) is 0 Å². The van der Waals surface area contributed by atoms with Crippen LogP contribution in [0.1, 0.15) is 17.5 Å². The SMILES string of the molecule is COC(=O)C1CCN(Cc2ccc(CN)cc2)C1. The molecule has 1 fully saturated rings. The molecule has 0 radical (unpaired) electrons. The molecule has 1 saturated heterocycles. The van der Waals surface area contributed by atoms with Crippen LogP contribution in [0.2, 0.25) is 0 Å². The first-order chi connectivity index (χ1) is 8.72. The van der Waals surface area contributed by atoms with Crippen molar-refractivity contribution in [3.05, 3.63) is 35.4 Å². The van der Waals surface area contributed by atoms with Gasteiger partial charge in [0.2, 0.25) is 0 Å². The Labute approximate surface area is 108 Å². The number of hydrogen-bond donors (Lipinski definition) is 1. The smallest absolute Gasteiger partial charge is 0.310 e. The maximum absolute atomic E-state index is 11.4. The second-order valence-electron chi connectivity index (χ2n) is 4.76. The maximum Gasteiger partial charge on any atom is 0.310 e. The maximum atomic E-state index is 11.4. The van der Waals surface area contributed by atoms with Gasteiger partial charge in [-0.2, -0.15) is 0 Å². The highest BCUT2D eigenvalue weighted by Crippen LogP contribution is 2.19. The Morgan fingerprint density at radius 2 is 2.06 bits per heavy atom. The number of hydrogen-bond acceptors (Lipinski definition) is 4. The van der Waals surface area contributed by atoms with Gasteiger partial charge in [0.1, 0.15) is 0 Å². The third-order valence-corrected chi connectivity index (χ3v) is 3.47. The largest absolute Gasteiger partial charge is 0.469 e. The van der Waals surface area contributed by atoms with Crippen molar-refractivity contribution in [3.8, 4) is 0 Å². The number of likely N-dealkylation sites (tertiary alicyclic amines) is 1. The number of nitrogens with two attached hydrogens (primary N) is 1. The first-order valence-corrected chi connectivity index (χ1v) is 6.31. The van der Waals surface area contributed by atoms with Gasteiger partial charge in [0.25, 0.3) is 0 Å². The van der Waals surface area contributed by atoms with Gasteiger partial charge in [0, 0.05) is 19.6 Å². The molecule has 4 nitrogen and oxygen atoms in total. The van der Waals surface area contributed by atoms with Crippen LogP contribution < -0.4 is 5.73 Å². The topological polar surface area (TPSA) is 55.6 Å². The van der Waals surface area contributed by atoms with E-state index in [2.05, 4.69) is 29.2 Å². The van der Waals surface area contributed by atoms with Gasteiger partial charge in [-0.15, -0.1) is 0 Å². The second kappa shape index (κ2) is 5.98. The minimum Gasteiger partial charge on any atom is -0.469 e. The lowest BCUT2D eigenvalue weighted by Crippen LogP contribution is -2.23. The van der Waals surface area contributed by atoms with Gasteiger partial charge in [-0.25, -0.2) is 0 Å². The van der Waals surface area contributed by atoms with Gasteiger partial charge >= 0.3 is 5.97 Å². The van der Waals surface area contributed by atoms with E-state index < -0.39 is 0 Å². The molecule has 2 rings (SSSR count). The summed E-state index contributed by atoms with van der Waals surface area (Å²) in [6, 6.07) is 8.33. The molecule has 4 heteroatoms. The van der Waals surface area contributed by atoms with Gasteiger partial charge in [-0.1, -0.05) is 24.3 Å².